The Morgan fingerprint density at radius 1 is 0.582 bits per heavy atom. The zero-order chi connectivity index (χ0) is 41.2. The summed E-state index contributed by atoms with van der Waals surface area (Å²) in [5.41, 5.74) is 0. The summed E-state index contributed by atoms with van der Waals surface area (Å²) in [6, 6.07) is 0. The van der Waals surface area contributed by atoms with Gasteiger partial charge in [0, 0.05) is 12.8 Å². The van der Waals surface area contributed by atoms with E-state index >= 15 is 0 Å². The second-order valence-electron chi connectivity index (χ2n) is 13.8. The van der Waals surface area contributed by atoms with Gasteiger partial charge in [-0.3, -0.25) is 23.2 Å². The number of phosphoric acid groups is 2. The van der Waals surface area contributed by atoms with E-state index in [9.17, 15) is 33.8 Å². The Morgan fingerprint density at radius 3 is 1.67 bits per heavy atom. The van der Waals surface area contributed by atoms with E-state index in [1.54, 1.807) is 0 Å². The minimum atomic E-state index is -4.87. The fourth-order valence-electron chi connectivity index (χ4n) is 4.86. The summed E-state index contributed by atoms with van der Waals surface area (Å²) in [5.74, 6) is -0.406. The number of hydrogen-bond donors (Lipinski definition) is 5. The Labute approximate surface area is 329 Å². The molecule has 0 aromatic heterocycles. The van der Waals surface area contributed by atoms with Crippen LogP contribution >= 0.6 is 15.6 Å². The van der Waals surface area contributed by atoms with E-state index in [0.29, 0.717) is 25.2 Å². The van der Waals surface area contributed by atoms with Crippen LogP contribution in [0.2, 0.25) is 0 Å². The Morgan fingerprint density at radius 2 is 1.09 bits per heavy atom. The van der Waals surface area contributed by atoms with Gasteiger partial charge in [-0.05, 0) is 63.7 Å². The van der Waals surface area contributed by atoms with Gasteiger partial charge in [0.25, 0.3) is 0 Å². The van der Waals surface area contributed by atoms with Crippen LogP contribution in [0.4, 0.5) is 0 Å². The number of unbranched alkanes of at least 4 members (excludes halogenated alkanes) is 7. The van der Waals surface area contributed by atoms with Crippen LogP contribution in [-0.4, -0.2) is 81.6 Å². The van der Waals surface area contributed by atoms with Gasteiger partial charge in [-0.2, -0.15) is 0 Å². The van der Waals surface area contributed by atoms with Crippen molar-refractivity contribution in [1.29, 1.82) is 0 Å². The molecule has 0 aliphatic heterocycles. The quantitative estimate of drug-likeness (QED) is 0.0174. The normalized spacial score (nSPS) is 15.4. The second-order valence-corrected chi connectivity index (χ2v) is 16.5. The maximum atomic E-state index is 12.6. The SMILES string of the molecule is CC[C@@H](O)CC/C=C\C/C=C\C/C=C\C/C=C\CCCC(=O)O[C@H](COC(=O)CCCCCCCCCC(C)C)COP(=O)(O)OC[C@@H](O)COP(=O)(O)O. The maximum Gasteiger partial charge on any atom is 0.472 e. The third-order valence-electron chi connectivity index (χ3n) is 8.05. The Bertz CT molecular complexity index is 1200. The molecule has 0 fully saturated rings. The van der Waals surface area contributed by atoms with Crippen molar-refractivity contribution in [2.45, 2.75) is 155 Å². The first-order valence-electron chi connectivity index (χ1n) is 19.8. The van der Waals surface area contributed by atoms with Crippen molar-refractivity contribution in [3.8, 4) is 0 Å². The van der Waals surface area contributed by atoms with Gasteiger partial charge in [-0.25, -0.2) is 9.13 Å². The fourth-order valence-corrected chi connectivity index (χ4v) is 6.01. The molecule has 0 rings (SSSR count). The molecule has 0 bridgehead atoms. The lowest BCUT2D eigenvalue weighted by atomic mass is 10.0. The third-order valence-corrected chi connectivity index (χ3v) is 9.49. The molecule has 0 aromatic carbocycles. The molecule has 0 heterocycles. The molecule has 0 saturated carbocycles. The lowest BCUT2D eigenvalue weighted by Gasteiger charge is -2.20. The van der Waals surface area contributed by atoms with Gasteiger partial charge in [0.1, 0.15) is 12.7 Å². The number of ether oxygens (including phenoxy) is 2. The lowest BCUT2D eigenvalue weighted by molar-refractivity contribution is -0.161. The molecule has 14 nitrogen and oxygen atoms in total. The van der Waals surface area contributed by atoms with Crippen LogP contribution in [0.25, 0.3) is 0 Å². The van der Waals surface area contributed by atoms with Gasteiger partial charge in [0.2, 0.25) is 0 Å². The van der Waals surface area contributed by atoms with Crippen LogP contribution < -0.4 is 0 Å². The number of rotatable bonds is 36. The summed E-state index contributed by atoms with van der Waals surface area (Å²) in [4.78, 5) is 52.4. The first kappa shape index (κ1) is 53.0. The van der Waals surface area contributed by atoms with E-state index in [0.717, 1.165) is 57.8 Å². The largest absolute Gasteiger partial charge is 0.472 e. The van der Waals surface area contributed by atoms with E-state index in [2.05, 4.69) is 59.4 Å². The Balaban J connectivity index is 4.67. The average molecular weight is 825 g/mol. The standard InChI is InChI=1S/C39H70O14P2/c1-4-35(40)27-23-19-15-11-9-7-5-6-8-10-12-16-21-25-29-39(43)53-37(33-52-55(47,48)51-31-36(41)30-50-54(44,45)46)32-49-38(42)28-24-20-17-13-14-18-22-26-34(2)3/h6-9,12,15-16,19,34-37,40-41H,4-5,10-11,13-14,17-18,20-33H2,1-3H3,(H,47,48)(H2,44,45,46)/b8-6-,9-7-,16-12-,19-15-/t35-,36+,37-/m1/s1. The van der Waals surface area contributed by atoms with E-state index in [4.69, 9.17) is 23.8 Å². The molecule has 0 aromatic rings. The molecule has 16 heteroatoms. The highest BCUT2D eigenvalue weighted by atomic mass is 31.2. The first-order valence-corrected chi connectivity index (χ1v) is 22.8. The summed E-state index contributed by atoms with van der Waals surface area (Å²) in [6.45, 7) is 3.61. The molecule has 320 valence electrons. The van der Waals surface area contributed by atoms with Gasteiger partial charge in [-0.15, -0.1) is 0 Å². The monoisotopic (exact) mass is 824 g/mol. The van der Waals surface area contributed by atoms with Gasteiger partial charge >= 0.3 is 27.6 Å². The number of esters is 2. The van der Waals surface area contributed by atoms with Crippen molar-refractivity contribution in [2.75, 3.05) is 26.4 Å². The predicted octanol–water partition coefficient (Wildman–Crippen LogP) is 8.33. The van der Waals surface area contributed by atoms with Gasteiger partial charge in [-0.1, -0.05) is 114 Å². The fraction of sp³-hybridized carbons (Fsp3) is 0.744. The van der Waals surface area contributed by atoms with Crippen LogP contribution in [0.3, 0.4) is 0 Å². The highest BCUT2D eigenvalue weighted by Crippen LogP contribution is 2.43. The number of phosphoric ester groups is 2. The molecule has 0 aliphatic carbocycles. The smallest absolute Gasteiger partial charge is 0.462 e. The molecule has 4 atom stereocenters. The first-order chi connectivity index (χ1) is 26.1. The van der Waals surface area contributed by atoms with E-state index in [-0.39, 0.29) is 18.9 Å². The van der Waals surface area contributed by atoms with Crippen LogP contribution in [0.15, 0.2) is 48.6 Å². The van der Waals surface area contributed by atoms with Crippen LogP contribution in [0, 0.1) is 5.92 Å². The molecule has 55 heavy (non-hydrogen) atoms. The number of aliphatic hydroxyl groups excluding tert-OH is 2. The average Bonchev–Trinajstić information content (AvgIpc) is 3.12. The molecule has 0 radical (unpaired) electrons. The molecule has 0 spiro atoms. The molecular formula is C39H70O14P2. The van der Waals surface area contributed by atoms with Crippen molar-refractivity contribution in [3.05, 3.63) is 48.6 Å². The molecule has 0 aliphatic rings. The summed E-state index contributed by atoms with van der Waals surface area (Å²) in [6.07, 6.45) is 28.1. The summed E-state index contributed by atoms with van der Waals surface area (Å²) >= 11 is 0. The molecule has 5 N–H and O–H groups in total. The van der Waals surface area contributed by atoms with Crippen LogP contribution in [0.1, 0.15) is 136 Å². The van der Waals surface area contributed by atoms with Crippen molar-refractivity contribution < 1.29 is 66.7 Å². The van der Waals surface area contributed by atoms with Crippen LogP contribution in [0.5, 0.6) is 0 Å². The van der Waals surface area contributed by atoms with Crippen molar-refractivity contribution in [2.24, 2.45) is 5.92 Å². The van der Waals surface area contributed by atoms with Gasteiger partial charge in [0.05, 0.1) is 25.9 Å². The highest BCUT2D eigenvalue weighted by Gasteiger charge is 2.28. The van der Waals surface area contributed by atoms with Crippen molar-refractivity contribution >= 4 is 27.6 Å². The van der Waals surface area contributed by atoms with Crippen LogP contribution in [-0.2, 0) is 41.8 Å². The molecule has 1 unspecified atom stereocenters. The van der Waals surface area contributed by atoms with E-state index in [1.807, 2.05) is 19.1 Å². The van der Waals surface area contributed by atoms with Gasteiger partial charge in [0.15, 0.2) is 6.10 Å². The van der Waals surface area contributed by atoms with Crippen molar-refractivity contribution in [3.63, 3.8) is 0 Å². The van der Waals surface area contributed by atoms with E-state index < -0.39 is 66.2 Å². The number of hydrogen-bond acceptors (Lipinski definition) is 11. The molecular weight excluding hydrogens is 754 g/mol. The topological polar surface area (TPSA) is 216 Å². The number of allylic oxidation sites excluding steroid dienone is 8. The Hall–Kier alpha value is -1.96. The van der Waals surface area contributed by atoms with E-state index in [1.165, 1.54) is 25.7 Å². The van der Waals surface area contributed by atoms with Crippen molar-refractivity contribution in [1.82, 2.24) is 0 Å². The second kappa shape index (κ2) is 34.1. The summed E-state index contributed by atoms with van der Waals surface area (Å²) in [7, 11) is -9.69. The number of aliphatic hydroxyl groups is 2. The molecule has 0 amide bonds. The maximum absolute atomic E-state index is 12.6. The molecule has 0 saturated heterocycles. The van der Waals surface area contributed by atoms with Gasteiger partial charge < -0.3 is 34.4 Å². The predicted molar refractivity (Wildman–Crippen MR) is 213 cm³/mol. The number of carbonyl (C=O) groups is 2. The zero-order valence-corrected chi connectivity index (χ0v) is 35.1. The number of carbonyl (C=O) groups excluding carboxylic acids is 2. The summed E-state index contributed by atoms with van der Waals surface area (Å²) in [5, 5.41) is 19.3. The Kier molecular flexibility index (Phi) is 32.9. The minimum Gasteiger partial charge on any atom is -0.462 e. The lowest BCUT2D eigenvalue weighted by Crippen LogP contribution is -2.29. The summed E-state index contributed by atoms with van der Waals surface area (Å²) < 4.78 is 47.5. The third kappa shape index (κ3) is 38.7. The highest BCUT2D eigenvalue weighted by molar-refractivity contribution is 7.47. The minimum absolute atomic E-state index is 0.0412. The zero-order valence-electron chi connectivity index (χ0n) is 33.3.